The molecule has 1 aromatic heterocycles. The number of nitrogens with zero attached hydrogens (tertiary/aromatic N) is 3. The molecule has 1 N–H and O–H groups in total. The van der Waals surface area contributed by atoms with Gasteiger partial charge in [0, 0.05) is 6.20 Å². The molecule has 0 atom stereocenters. The van der Waals surface area contributed by atoms with Crippen LogP contribution in [0.3, 0.4) is 0 Å². The number of rotatable bonds is 4. The fourth-order valence-corrected chi connectivity index (χ4v) is 0.507. The van der Waals surface area contributed by atoms with Gasteiger partial charge in [0.2, 0.25) is 0 Å². The summed E-state index contributed by atoms with van der Waals surface area (Å²) in [4.78, 5) is 10.2. The topological polar surface area (TPSA) is 77.2 Å². The summed E-state index contributed by atoms with van der Waals surface area (Å²) in [5.41, 5.74) is 0. The van der Waals surface area contributed by atoms with Crippen LogP contribution in [-0.4, -0.2) is 26.1 Å². The minimum absolute atomic E-state index is 0.00509. The SMILES string of the molecule is C=C(OCn1ccnn1)C(=O)O. The normalized spacial score (nSPS) is 9.33. The summed E-state index contributed by atoms with van der Waals surface area (Å²) in [7, 11) is 0. The Morgan fingerprint density at radius 3 is 3.00 bits per heavy atom. The highest BCUT2D eigenvalue weighted by molar-refractivity contribution is 5.83. The van der Waals surface area contributed by atoms with Crippen molar-refractivity contribution >= 4 is 5.97 Å². The molecule has 1 aromatic rings. The lowest BCUT2D eigenvalue weighted by atomic mass is 10.6. The zero-order chi connectivity index (χ0) is 8.97. The van der Waals surface area contributed by atoms with Gasteiger partial charge in [0.1, 0.15) is 0 Å². The van der Waals surface area contributed by atoms with E-state index in [4.69, 9.17) is 9.84 Å². The van der Waals surface area contributed by atoms with E-state index in [0.717, 1.165) is 0 Å². The molecule has 0 amide bonds. The maximum atomic E-state index is 10.2. The molecule has 0 bridgehead atoms. The maximum Gasteiger partial charge on any atom is 0.370 e. The van der Waals surface area contributed by atoms with Crippen LogP contribution < -0.4 is 0 Å². The van der Waals surface area contributed by atoms with Crippen LogP contribution in [0, 0.1) is 0 Å². The van der Waals surface area contributed by atoms with Gasteiger partial charge in [0.15, 0.2) is 12.5 Å². The minimum atomic E-state index is -1.19. The molecule has 0 saturated heterocycles. The number of aromatic nitrogens is 3. The standard InChI is InChI=1S/C6H7N3O3/c1-5(6(10)11)12-4-9-3-2-7-8-9/h2-3H,1,4H2,(H,10,11). The fraction of sp³-hybridized carbons (Fsp3) is 0.167. The first kappa shape index (κ1) is 8.25. The Morgan fingerprint density at radius 1 is 1.75 bits per heavy atom. The monoisotopic (exact) mass is 169 g/mol. The van der Waals surface area contributed by atoms with E-state index in [2.05, 4.69) is 16.9 Å². The predicted molar refractivity (Wildman–Crippen MR) is 37.9 cm³/mol. The van der Waals surface area contributed by atoms with Gasteiger partial charge >= 0.3 is 5.97 Å². The Bertz CT molecular complexity index is 280. The van der Waals surface area contributed by atoms with E-state index in [1.54, 1.807) is 6.20 Å². The molecule has 0 aliphatic heterocycles. The molecular formula is C6H7N3O3. The van der Waals surface area contributed by atoms with Gasteiger partial charge < -0.3 is 9.84 Å². The summed E-state index contributed by atoms with van der Waals surface area (Å²) in [5, 5.41) is 15.4. The third-order valence-corrected chi connectivity index (χ3v) is 1.08. The minimum Gasteiger partial charge on any atom is -0.475 e. The molecule has 0 saturated carbocycles. The number of ether oxygens (including phenoxy) is 1. The van der Waals surface area contributed by atoms with Crippen molar-refractivity contribution in [2.75, 3.05) is 0 Å². The van der Waals surface area contributed by atoms with E-state index >= 15 is 0 Å². The van der Waals surface area contributed by atoms with Crippen LogP contribution in [-0.2, 0) is 16.3 Å². The smallest absolute Gasteiger partial charge is 0.370 e. The quantitative estimate of drug-likeness (QED) is 0.501. The maximum absolute atomic E-state index is 10.2. The number of carboxylic acids is 1. The molecule has 1 rings (SSSR count). The zero-order valence-electron chi connectivity index (χ0n) is 6.17. The van der Waals surface area contributed by atoms with Gasteiger partial charge in [-0.2, -0.15) is 0 Å². The fourth-order valence-electron chi connectivity index (χ4n) is 0.507. The van der Waals surface area contributed by atoms with Gasteiger partial charge in [-0.25, -0.2) is 9.48 Å². The highest BCUT2D eigenvalue weighted by Crippen LogP contribution is 1.94. The number of aliphatic carboxylic acids is 1. The van der Waals surface area contributed by atoms with Crippen LogP contribution >= 0.6 is 0 Å². The zero-order valence-corrected chi connectivity index (χ0v) is 6.17. The van der Waals surface area contributed by atoms with E-state index in [9.17, 15) is 4.79 Å². The number of hydrogen-bond donors (Lipinski definition) is 1. The summed E-state index contributed by atoms with van der Waals surface area (Å²) in [6.07, 6.45) is 3.02. The molecule has 0 aliphatic carbocycles. The van der Waals surface area contributed by atoms with Gasteiger partial charge in [0.05, 0.1) is 6.20 Å². The van der Waals surface area contributed by atoms with Crippen molar-refractivity contribution in [1.29, 1.82) is 0 Å². The van der Waals surface area contributed by atoms with Crippen molar-refractivity contribution in [3.8, 4) is 0 Å². The van der Waals surface area contributed by atoms with Crippen molar-refractivity contribution in [2.45, 2.75) is 6.73 Å². The van der Waals surface area contributed by atoms with Gasteiger partial charge in [-0.3, -0.25) is 0 Å². The van der Waals surface area contributed by atoms with E-state index in [0.29, 0.717) is 0 Å². The Hall–Kier alpha value is -1.85. The Morgan fingerprint density at radius 2 is 2.50 bits per heavy atom. The van der Waals surface area contributed by atoms with Crippen molar-refractivity contribution in [2.24, 2.45) is 0 Å². The Kier molecular flexibility index (Phi) is 2.42. The second-order valence-corrected chi connectivity index (χ2v) is 1.94. The third kappa shape index (κ3) is 2.08. The van der Waals surface area contributed by atoms with E-state index in [1.807, 2.05) is 0 Å². The Balaban J connectivity index is 2.37. The molecule has 0 spiro atoms. The van der Waals surface area contributed by atoms with E-state index < -0.39 is 5.97 Å². The highest BCUT2D eigenvalue weighted by Gasteiger charge is 2.03. The van der Waals surface area contributed by atoms with Gasteiger partial charge in [-0.15, -0.1) is 5.10 Å². The second kappa shape index (κ2) is 3.51. The molecule has 12 heavy (non-hydrogen) atoms. The molecule has 0 unspecified atom stereocenters. The largest absolute Gasteiger partial charge is 0.475 e. The van der Waals surface area contributed by atoms with Crippen molar-refractivity contribution in [3.63, 3.8) is 0 Å². The second-order valence-electron chi connectivity index (χ2n) is 1.94. The third-order valence-electron chi connectivity index (χ3n) is 1.08. The van der Waals surface area contributed by atoms with Crippen LogP contribution in [0.25, 0.3) is 0 Å². The molecule has 1 heterocycles. The molecule has 0 aliphatic rings. The van der Waals surface area contributed by atoms with Gasteiger partial charge in [-0.1, -0.05) is 5.21 Å². The molecular weight excluding hydrogens is 162 g/mol. The first-order valence-corrected chi connectivity index (χ1v) is 3.09. The average molecular weight is 169 g/mol. The summed E-state index contributed by atoms with van der Waals surface area (Å²) >= 11 is 0. The summed E-state index contributed by atoms with van der Waals surface area (Å²) in [6, 6.07) is 0. The van der Waals surface area contributed by atoms with Crippen molar-refractivity contribution < 1.29 is 14.6 Å². The summed E-state index contributed by atoms with van der Waals surface area (Å²) in [5.74, 6) is -1.50. The van der Waals surface area contributed by atoms with Crippen LogP contribution in [0.2, 0.25) is 0 Å². The lowest BCUT2D eigenvalue weighted by Gasteiger charge is -2.03. The molecule has 0 radical (unpaired) electrons. The lowest BCUT2D eigenvalue weighted by molar-refractivity contribution is -0.137. The van der Waals surface area contributed by atoms with Gasteiger partial charge in [-0.05, 0) is 6.58 Å². The number of carboxylic acid groups (broad SMARTS) is 1. The predicted octanol–water partition coefficient (Wildman–Crippen LogP) is -0.150. The first-order chi connectivity index (χ1) is 5.70. The molecule has 0 aromatic carbocycles. The Labute approximate surface area is 68.1 Å². The molecule has 64 valence electrons. The van der Waals surface area contributed by atoms with Crippen LogP contribution in [0.5, 0.6) is 0 Å². The average Bonchev–Trinajstić information content (AvgIpc) is 2.51. The first-order valence-electron chi connectivity index (χ1n) is 3.09. The summed E-state index contributed by atoms with van der Waals surface area (Å²) < 4.78 is 6.06. The van der Waals surface area contributed by atoms with Crippen LogP contribution in [0.4, 0.5) is 0 Å². The molecule has 0 fully saturated rings. The molecule has 6 nitrogen and oxygen atoms in total. The van der Waals surface area contributed by atoms with Crippen molar-refractivity contribution in [3.05, 3.63) is 24.7 Å². The van der Waals surface area contributed by atoms with Crippen LogP contribution in [0.1, 0.15) is 0 Å². The van der Waals surface area contributed by atoms with E-state index in [-0.39, 0.29) is 12.5 Å². The lowest BCUT2D eigenvalue weighted by Crippen LogP contribution is -2.08. The van der Waals surface area contributed by atoms with E-state index in [1.165, 1.54) is 10.9 Å². The van der Waals surface area contributed by atoms with Crippen molar-refractivity contribution in [1.82, 2.24) is 15.0 Å². The summed E-state index contributed by atoms with van der Waals surface area (Å²) in [6.45, 7) is 3.18. The number of carbonyl (C=O) groups is 1. The van der Waals surface area contributed by atoms with Gasteiger partial charge in [0.25, 0.3) is 0 Å². The number of hydrogen-bond acceptors (Lipinski definition) is 4. The molecule has 6 heteroatoms. The highest BCUT2D eigenvalue weighted by atomic mass is 16.5. The van der Waals surface area contributed by atoms with Crippen LogP contribution in [0.15, 0.2) is 24.7 Å².